The fourth-order valence-corrected chi connectivity index (χ4v) is 2.86. The molecule has 0 amide bonds. The third-order valence-electron chi connectivity index (χ3n) is 3.41. The molecule has 1 heterocycles. The first kappa shape index (κ1) is 19.6. The van der Waals surface area contributed by atoms with E-state index >= 15 is 0 Å². The molecule has 8 nitrogen and oxygen atoms in total. The number of nitrogens with zero attached hydrogens (tertiary/aromatic N) is 3. The van der Waals surface area contributed by atoms with Crippen LogP contribution in [0.3, 0.4) is 0 Å². The Morgan fingerprint density at radius 2 is 1.73 bits per heavy atom. The first-order valence-corrected chi connectivity index (χ1v) is 8.17. The summed E-state index contributed by atoms with van der Waals surface area (Å²) < 4.78 is 42.8. The van der Waals surface area contributed by atoms with E-state index in [2.05, 4.69) is 9.69 Å². The highest BCUT2D eigenvalue weighted by Crippen LogP contribution is 2.42. The molecule has 0 unspecified atom stereocenters. The number of alkyl halides is 3. The number of anilines is 2. The van der Waals surface area contributed by atoms with Crippen LogP contribution < -0.4 is 5.32 Å². The van der Waals surface area contributed by atoms with Gasteiger partial charge in [-0.3, -0.25) is 20.2 Å². The van der Waals surface area contributed by atoms with Gasteiger partial charge in [0.2, 0.25) is 0 Å². The first-order chi connectivity index (χ1) is 12.1. The van der Waals surface area contributed by atoms with Gasteiger partial charge >= 0.3 is 6.18 Å². The maximum atomic E-state index is 12.9. The Morgan fingerprint density at radius 1 is 1.15 bits per heavy atom. The molecular weight excluding hydrogens is 377 g/mol. The number of nitrogens with one attached hydrogen (secondary N) is 1. The van der Waals surface area contributed by atoms with Gasteiger partial charge in [0.05, 0.1) is 21.1 Å². The van der Waals surface area contributed by atoms with Crippen molar-refractivity contribution in [1.29, 1.82) is 0 Å². The van der Waals surface area contributed by atoms with E-state index in [1.54, 1.807) is 6.07 Å². The van der Waals surface area contributed by atoms with Crippen molar-refractivity contribution in [2.45, 2.75) is 32.4 Å². The standard InChI is InChI=1S/C14H13F3N4O4S/c1-2-3-4-9-7-12(26-19-9)18-13-10(20(22)23)5-8(14(15,16)17)6-11(13)21(24)25/h5-7,18H,2-4H2,1H3. The molecule has 0 bridgehead atoms. The minimum absolute atomic E-state index is 0.266. The van der Waals surface area contributed by atoms with Gasteiger partial charge in [0.25, 0.3) is 11.4 Å². The Morgan fingerprint density at radius 3 is 2.19 bits per heavy atom. The van der Waals surface area contributed by atoms with Crippen LogP contribution in [0.4, 0.5) is 35.2 Å². The van der Waals surface area contributed by atoms with Gasteiger partial charge in [0.15, 0.2) is 5.69 Å². The van der Waals surface area contributed by atoms with Crippen molar-refractivity contribution in [3.05, 3.63) is 49.7 Å². The molecule has 0 aliphatic heterocycles. The Hall–Kier alpha value is -2.76. The molecule has 2 aromatic rings. The van der Waals surface area contributed by atoms with Gasteiger partial charge < -0.3 is 5.32 Å². The molecule has 1 aromatic heterocycles. The molecule has 26 heavy (non-hydrogen) atoms. The maximum Gasteiger partial charge on any atom is 0.416 e. The maximum absolute atomic E-state index is 12.9. The van der Waals surface area contributed by atoms with Gasteiger partial charge in [-0.05, 0) is 30.4 Å². The van der Waals surface area contributed by atoms with Crippen LogP contribution in [-0.2, 0) is 12.6 Å². The molecule has 0 saturated carbocycles. The molecule has 1 aromatic carbocycles. The van der Waals surface area contributed by atoms with Crippen molar-refractivity contribution in [3.8, 4) is 0 Å². The number of hydrogen-bond donors (Lipinski definition) is 1. The number of aryl methyl sites for hydroxylation is 1. The number of aromatic nitrogens is 1. The van der Waals surface area contributed by atoms with E-state index in [-0.39, 0.29) is 17.1 Å². The molecule has 12 heteroatoms. The minimum Gasteiger partial charge on any atom is -0.335 e. The van der Waals surface area contributed by atoms with Crippen molar-refractivity contribution in [3.63, 3.8) is 0 Å². The summed E-state index contributed by atoms with van der Waals surface area (Å²) in [6.45, 7) is 1.99. The summed E-state index contributed by atoms with van der Waals surface area (Å²) in [5.41, 5.74) is -3.45. The Labute approximate surface area is 149 Å². The molecule has 2 rings (SSSR count). The monoisotopic (exact) mass is 390 g/mol. The summed E-state index contributed by atoms with van der Waals surface area (Å²) in [6, 6.07) is 2.11. The van der Waals surface area contributed by atoms with Crippen molar-refractivity contribution in [1.82, 2.24) is 4.37 Å². The van der Waals surface area contributed by atoms with Gasteiger partial charge in [-0.1, -0.05) is 13.3 Å². The second-order valence-corrected chi connectivity index (χ2v) is 6.12. The van der Waals surface area contributed by atoms with Crippen LogP contribution in [0.15, 0.2) is 18.2 Å². The predicted molar refractivity (Wildman–Crippen MR) is 88.8 cm³/mol. The average molecular weight is 390 g/mol. The van der Waals surface area contributed by atoms with E-state index < -0.39 is 38.6 Å². The molecule has 0 radical (unpaired) electrons. The lowest BCUT2D eigenvalue weighted by molar-refractivity contribution is -0.392. The fourth-order valence-electron chi connectivity index (χ4n) is 2.16. The third kappa shape index (κ3) is 4.45. The van der Waals surface area contributed by atoms with Crippen molar-refractivity contribution in [2.75, 3.05) is 5.32 Å². The number of nitro benzene ring substituents is 2. The van der Waals surface area contributed by atoms with Crippen molar-refractivity contribution < 1.29 is 23.0 Å². The Balaban J connectivity index is 2.50. The average Bonchev–Trinajstić information content (AvgIpc) is 2.98. The van der Waals surface area contributed by atoms with E-state index in [0.717, 1.165) is 24.4 Å². The van der Waals surface area contributed by atoms with Gasteiger partial charge in [0, 0.05) is 12.1 Å². The summed E-state index contributed by atoms with van der Waals surface area (Å²) in [4.78, 5) is 20.2. The van der Waals surface area contributed by atoms with Crippen molar-refractivity contribution in [2.24, 2.45) is 0 Å². The van der Waals surface area contributed by atoms with Crippen LogP contribution in [0.25, 0.3) is 0 Å². The van der Waals surface area contributed by atoms with Crippen molar-refractivity contribution >= 4 is 33.6 Å². The lowest BCUT2D eigenvalue weighted by Gasteiger charge is -2.10. The molecule has 0 saturated heterocycles. The summed E-state index contributed by atoms with van der Waals surface area (Å²) in [6.07, 6.45) is -2.50. The van der Waals surface area contributed by atoms with Crippen LogP contribution in [0.1, 0.15) is 31.0 Å². The zero-order valence-corrected chi connectivity index (χ0v) is 14.2. The second kappa shape index (κ2) is 7.64. The number of unbranched alkanes of at least 4 members (excludes halogenated alkanes) is 1. The predicted octanol–water partition coefficient (Wildman–Crippen LogP) is 5.06. The molecule has 1 N–H and O–H groups in total. The zero-order chi connectivity index (χ0) is 19.5. The lowest BCUT2D eigenvalue weighted by atomic mass is 10.1. The largest absolute Gasteiger partial charge is 0.416 e. The quantitative estimate of drug-likeness (QED) is 0.522. The zero-order valence-electron chi connectivity index (χ0n) is 13.4. The van der Waals surface area contributed by atoms with E-state index in [1.165, 1.54) is 0 Å². The second-order valence-electron chi connectivity index (χ2n) is 5.31. The highest BCUT2D eigenvalue weighted by Gasteiger charge is 2.37. The minimum atomic E-state index is -4.95. The number of benzene rings is 1. The number of nitro groups is 2. The summed E-state index contributed by atoms with van der Waals surface area (Å²) in [5, 5.41) is 25.1. The molecule has 0 aliphatic carbocycles. The summed E-state index contributed by atoms with van der Waals surface area (Å²) >= 11 is 0.917. The smallest absolute Gasteiger partial charge is 0.335 e. The molecule has 0 aliphatic rings. The van der Waals surface area contributed by atoms with Crippen LogP contribution in [0, 0.1) is 20.2 Å². The normalized spacial score (nSPS) is 11.4. The molecule has 0 atom stereocenters. The SMILES string of the molecule is CCCCc1cc(Nc2c([N+](=O)[O-])cc(C(F)(F)F)cc2[N+](=O)[O-])sn1. The van der Waals surface area contributed by atoms with Crippen LogP contribution in [0.5, 0.6) is 0 Å². The number of halogens is 3. The Bertz CT molecular complexity index is 803. The van der Waals surface area contributed by atoms with E-state index in [9.17, 15) is 33.4 Å². The van der Waals surface area contributed by atoms with Crippen LogP contribution >= 0.6 is 11.5 Å². The highest BCUT2D eigenvalue weighted by atomic mass is 32.1. The molecule has 0 spiro atoms. The van der Waals surface area contributed by atoms with E-state index in [4.69, 9.17) is 0 Å². The van der Waals surface area contributed by atoms with E-state index in [1.807, 2.05) is 6.92 Å². The van der Waals surface area contributed by atoms with Crippen LogP contribution in [0.2, 0.25) is 0 Å². The molecular formula is C14H13F3N4O4S. The fraction of sp³-hybridized carbons (Fsp3) is 0.357. The number of hydrogen-bond acceptors (Lipinski definition) is 7. The number of rotatable bonds is 7. The van der Waals surface area contributed by atoms with Gasteiger partial charge in [-0.25, -0.2) is 0 Å². The molecule has 0 fully saturated rings. The van der Waals surface area contributed by atoms with Gasteiger partial charge in [0.1, 0.15) is 5.00 Å². The van der Waals surface area contributed by atoms with Crippen LogP contribution in [-0.4, -0.2) is 14.2 Å². The van der Waals surface area contributed by atoms with Gasteiger partial charge in [-0.15, -0.1) is 0 Å². The Kier molecular flexibility index (Phi) is 5.75. The lowest BCUT2D eigenvalue weighted by Crippen LogP contribution is -2.09. The molecule has 140 valence electrons. The highest BCUT2D eigenvalue weighted by molar-refractivity contribution is 7.10. The topological polar surface area (TPSA) is 111 Å². The van der Waals surface area contributed by atoms with E-state index in [0.29, 0.717) is 12.1 Å². The summed E-state index contributed by atoms with van der Waals surface area (Å²) in [5.74, 6) is 0. The van der Waals surface area contributed by atoms with Gasteiger partial charge in [-0.2, -0.15) is 17.5 Å². The summed E-state index contributed by atoms with van der Waals surface area (Å²) in [7, 11) is 0. The third-order valence-corrected chi connectivity index (χ3v) is 4.15. The first-order valence-electron chi connectivity index (χ1n) is 7.40.